The summed E-state index contributed by atoms with van der Waals surface area (Å²) in [5.41, 5.74) is -0.505. The maximum Gasteiger partial charge on any atom is 0.393 e. The van der Waals surface area contributed by atoms with Gasteiger partial charge in [-0.3, -0.25) is 5.32 Å². The Morgan fingerprint density at radius 2 is 1.68 bits per heavy atom. The number of sulfonamides is 1. The number of carbonyl (C=O) groups excluding carboxylic acids is 1. The van der Waals surface area contributed by atoms with Crippen LogP contribution in [0.5, 0.6) is 11.8 Å². The zero-order valence-corrected chi connectivity index (χ0v) is 15.4. The van der Waals surface area contributed by atoms with Crippen LogP contribution in [0, 0.1) is 0 Å². The summed E-state index contributed by atoms with van der Waals surface area (Å²) in [7, 11) is -2.00. The van der Waals surface area contributed by atoms with E-state index in [4.69, 9.17) is 9.47 Å². The van der Waals surface area contributed by atoms with Crippen molar-refractivity contribution < 1.29 is 35.9 Å². The van der Waals surface area contributed by atoms with Gasteiger partial charge in [-0.25, -0.2) is 17.9 Å². The van der Waals surface area contributed by atoms with Crippen molar-refractivity contribution >= 4 is 22.0 Å². The monoisotopic (exact) mass is 420 g/mol. The van der Waals surface area contributed by atoms with Gasteiger partial charge in [0.1, 0.15) is 0 Å². The second-order valence-electron chi connectivity index (χ2n) is 5.24. The van der Waals surface area contributed by atoms with Crippen LogP contribution in [-0.2, 0) is 16.4 Å². The average molecular weight is 420 g/mol. The van der Waals surface area contributed by atoms with E-state index in [-0.39, 0.29) is 17.7 Å². The van der Waals surface area contributed by atoms with Gasteiger partial charge >= 0.3 is 12.2 Å². The summed E-state index contributed by atoms with van der Waals surface area (Å²) in [5, 5.41) is 2.05. The third-order valence-corrected chi connectivity index (χ3v) is 4.63. The largest absolute Gasteiger partial charge is 0.481 e. The average Bonchev–Trinajstić information content (AvgIpc) is 2.59. The highest BCUT2D eigenvalue weighted by atomic mass is 32.2. The Morgan fingerprint density at radius 1 is 1.11 bits per heavy atom. The Balaban J connectivity index is 2.22. The van der Waals surface area contributed by atoms with E-state index in [1.54, 1.807) is 4.72 Å². The molecule has 2 amide bonds. The van der Waals surface area contributed by atoms with E-state index < -0.39 is 39.1 Å². The lowest BCUT2D eigenvalue weighted by Crippen LogP contribution is -2.35. The topological polar surface area (TPSA) is 120 Å². The number of hydrogen-bond acceptors (Lipinski definition) is 7. The van der Waals surface area contributed by atoms with Crippen LogP contribution in [0.2, 0.25) is 0 Å². The van der Waals surface area contributed by atoms with Gasteiger partial charge in [0.05, 0.1) is 31.6 Å². The Hall–Kier alpha value is -3.09. The van der Waals surface area contributed by atoms with Gasteiger partial charge < -0.3 is 9.47 Å². The molecule has 1 aromatic carbocycles. The standard InChI is InChI=1S/C15H15F3N4O5S/c1-26-11-7-12(27-2)20-13(19-11)21-14(23)22-28(24,25)10-6-4-3-5-9(10)8-15(16,17)18/h3-7H,8H2,1-2H3,(H2,19,20,21,22,23). The molecule has 9 nitrogen and oxygen atoms in total. The van der Waals surface area contributed by atoms with E-state index in [9.17, 15) is 26.4 Å². The summed E-state index contributed by atoms with van der Waals surface area (Å²) in [6.07, 6.45) is -6.10. The fraction of sp³-hybridized carbons (Fsp3) is 0.267. The second-order valence-corrected chi connectivity index (χ2v) is 6.89. The Kier molecular flexibility index (Phi) is 6.28. The SMILES string of the molecule is COc1cc(OC)nc(NC(=O)NS(=O)(=O)c2ccccc2CC(F)(F)F)n1. The summed E-state index contributed by atoms with van der Waals surface area (Å²) >= 11 is 0. The van der Waals surface area contributed by atoms with E-state index in [1.807, 2.05) is 0 Å². The molecular formula is C15H15F3N4O5S. The zero-order chi connectivity index (χ0) is 20.9. The molecule has 0 unspecified atom stereocenters. The van der Waals surface area contributed by atoms with E-state index in [0.29, 0.717) is 0 Å². The minimum absolute atomic E-state index is 0.0283. The van der Waals surface area contributed by atoms with Crippen molar-refractivity contribution in [3.63, 3.8) is 0 Å². The molecule has 0 spiro atoms. The summed E-state index contributed by atoms with van der Waals surface area (Å²) < 4.78 is 74.1. The van der Waals surface area contributed by atoms with E-state index in [0.717, 1.165) is 12.1 Å². The molecule has 28 heavy (non-hydrogen) atoms. The first-order chi connectivity index (χ1) is 13.0. The predicted octanol–water partition coefficient (Wildman–Crippen LogP) is 2.11. The second kappa shape index (κ2) is 8.29. The number of nitrogens with zero attached hydrogens (tertiary/aromatic N) is 2. The molecule has 0 aliphatic rings. The molecule has 2 N–H and O–H groups in total. The number of anilines is 1. The Labute approximate surface area is 157 Å². The molecule has 1 heterocycles. The summed E-state index contributed by atoms with van der Waals surface area (Å²) in [6, 6.07) is 4.50. The first-order valence-corrected chi connectivity index (χ1v) is 8.98. The fourth-order valence-electron chi connectivity index (χ4n) is 2.10. The van der Waals surface area contributed by atoms with Crippen molar-refractivity contribution in [3.8, 4) is 11.8 Å². The van der Waals surface area contributed by atoms with Gasteiger partial charge in [0, 0.05) is 0 Å². The number of amides is 2. The maximum atomic E-state index is 12.7. The molecule has 1 aromatic heterocycles. The molecule has 2 aromatic rings. The van der Waals surface area contributed by atoms with Crippen molar-refractivity contribution in [2.75, 3.05) is 19.5 Å². The first kappa shape index (κ1) is 21.2. The van der Waals surface area contributed by atoms with E-state index in [2.05, 4.69) is 15.3 Å². The molecular weight excluding hydrogens is 405 g/mol. The van der Waals surface area contributed by atoms with Crippen molar-refractivity contribution in [1.29, 1.82) is 0 Å². The number of urea groups is 1. The lowest BCUT2D eigenvalue weighted by molar-refractivity contribution is -0.127. The number of aromatic nitrogens is 2. The highest BCUT2D eigenvalue weighted by molar-refractivity contribution is 7.90. The third-order valence-electron chi connectivity index (χ3n) is 3.20. The minimum Gasteiger partial charge on any atom is -0.481 e. The van der Waals surface area contributed by atoms with Gasteiger partial charge in [-0.05, 0) is 11.6 Å². The predicted molar refractivity (Wildman–Crippen MR) is 90.7 cm³/mol. The molecule has 0 saturated heterocycles. The number of alkyl halides is 3. The zero-order valence-electron chi connectivity index (χ0n) is 14.6. The van der Waals surface area contributed by atoms with Crippen LogP contribution in [0.1, 0.15) is 5.56 Å². The van der Waals surface area contributed by atoms with Gasteiger partial charge in [-0.1, -0.05) is 18.2 Å². The number of rotatable bonds is 6. The number of hydrogen-bond donors (Lipinski definition) is 2. The highest BCUT2D eigenvalue weighted by Gasteiger charge is 2.31. The fourth-order valence-corrected chi connectivity index (χ4v) is 3.25. The van der Waals surface area contributed by atoms with Crippen LogP contribution in [-0.4, -0.2) is 44.8 Å². The number of nitrogens with one attached hydrogen (secondary N) is 2. The highest BCUT2D eigenvalue weighted by Crippen LogP contribution is 2.25. The van der Waals surface area contributed by atoms with Gasteiger partial charge in [-0.2, -0.15) is 23.1 Å². The number of benzene rings is 1. The summed E-state index contributed by atoms with van der Waals surface area (Å²) in [6.45, 7) is 0. The quantitative estimate of drug-likeness (QED) is 0.734. The van der Waals surface area contributed by atoms with Gasteiger partial charge in [0.2, 0.25) is 17.7 Å². The molecule has 0 aliphatic carbocycles. The number of halogens is 3. The van der Waals surface area contributed by atoms with Crippen molar-refractivity contribution in [2.45, 2.75) is 17.5 Å². The number of carbonyl (C=O) groups is 1. The third kappa shape index (κ3) is 5.70. The van der Waals surface area contributed by atoms with Gasteiger partial charge in [0.25, 0.3) is 10.0 Å². The smallest absolute Gasteiger partial charge is 0.393 e. The maximum absolute atomic E-state index is 12.7. The first-order valence-electron chi connectivity index (χ1n) is 7.49. The molecule has 152 valence electrons. The molecule has 2 rings (SSSR count). The molecule has 0 bridgehead atoms. The Morgan fingerprint density at radius 3 is 2.21 bits per heavy atom. The normalized spacial score (nSPS) is 11.6. The number of methoxy groups -OCH3 is 2. The van der Waals surface area contributed by atoms with Gasteiger partial charge in [-0.15, -0.1) is 0 Å². The van der Waals surface area contributed by atoms with Crippen LogP contribution < -0.4 is 19.5 Å². The summed E-state index contributed by atoms with van der Waals surface area (Å²) in [4.78, 5) is 18.9. The summed E-state index contributed by atoms with van der Waals surface area (Å²) in [5.74, 6) is -0.284. The van der Waals surface area contributed by atoms with Crippen LogP contribution in [0.3, 0.4) is 0 Å². The lowest BCUT2D eigenvalue weighted by atomic mass is 10.1. The van der Waals surface area contributed by atoms with Crippen molar-refractivity contribution in [3.05, 3.63) is 35.9 Å². The Bertz CT molecular complexity index is 944. The minimum atomic E-state index is -4.63. The number of ether oxygens (including phenoxy) is 2. The van der Waals surface area contributed by atoms with E-state index in [1.165, 1.54) is 32.4 Å². The molecule has 13 heteroatoms. The molecule has 0 radical (unpaired) electrons. The van der Waals surface area contributed by atoms with Crippen LogP contribution in [0.25, 0.3) is 0 Å². The molecule has 0 aliphatic heterocycles. The van der Waals surface area contributed by atoms with Gasteiger partial charge in [0.15, 0.2) is 0 Å². The molecule has 0 fully saturated rings. The molecule has 0 saturated carbocycles. The van der Waals surface area contributed by atoms with Crippen LogP contribution >= 0.6 is 0 Å². The van der Waals surface area contributed by atoms with E-state index >= 15 is 0 Å². The van der Waals surface area contributed by atoms with Crippen molar-refractivity contribution in [1.82, 2.24) is 14.7 Å². The molecule has 0 atom stereocenters. The lowest BCUT2D eigenvalue weighted by Gasteiger charge is -2.13. The van der Waals surface area contributed by atoms with Crippen LogP contribution in [0.4, 0.5) is 23.9 Å². The van der Waals surface area contributed by atoms with Crippen LogP contribution in [0.15, 0.2) is 35.2 Å². The van der Waals surface area contributed by atoms with Crippen molar-refractivity contribution in [2.24, 2.45) is 0 Å².